The summed E-state index contributed by atoms with van der Waals surface area (Å²) in [6.07, 6.45) is 1.02. The number of hydrogen-bond donors (Lipinski definition) is 2. The average molecular weight is 170 g/mol. The van der Waals surface area contributed by atoms with Crippen LogP contribution in [0, 0.1) is 0 Å². The first-order valence-electron chi connectivity index (χ1n) is 3.56. The summed E-state index contributed by atoms with van der Waals surface area (Å²) in [5, 5.41) is 4.90. The van der Waals surface area contributed by atoms with Crippen LogP contribution in [0.2, 0.25) is 0 Å². The summed E-state index contributed by atoms with van der Waals surface area (Å²) in [4.78, 5) is 21.6. The van der Waals surface area contributed by atoms with Gasteiger partial charge in [-0.05, 0) is 0 Å². The number of nitrogens with one attached hydrogen (secondary N) is 2. The number of hydrogen-bond acceptors (Lipinski definition) is 3. The normalized spacial score (nSPS) is 21.0. The number of carbonyl (C=O) groups is 2. The third-order valence-corrected chi connectivity index (χ3v) is 1.41. The van der Waals surface area contributed by atoms with Gasteiger partial charge in [0.15, 0.2) is 0 Å². The van der Waals surface area contributed by atoms with Gasteiger partial charge < -0.3 is 15.4 Å². The molecule has 0 aromatic rings. The van der Waals surface area contributed by atoms with E-state index in [0.29, 0.717) is 6.54 Å². The van der Waals surface area contributed by atoms with Crippen molar-refractivity contribution in [2.45, 2.75) is 6.04 Å². The van der Waals surface area contributed by atoms with Gasteiger partial charge >= 0.3 is 6.09 Å². The zero-order chi connectivity index (χ0) is 8.97. The Bertz CT molecular complexity index is 215. The van der Waals surface area contributed by atoms with Crippen molar-refractivity contribution < 1.29 is 14.3 Å². The van der Waals surface area contributed by atoms with E-state index in [2.05, 4.69) is 21.9 Å². The van der Waals surface area contributed by atoms with Gasteiger partial charge in [0, 0.05) is 6.54 Å². The summed E-state index contributed by atoms with van der Waals surface area (Å²) < 4.78 is 4.53. The molecule has 1 aliphatic heterocycles. The van der Waals surface area contributed by atoms with Gasteiger partial charge in [0.25, 0.3) is 0 Å². The molecule has 0 aliphatic carbocycles. The van der Waals surface area contributed by atoms with Crippen molar-refractivity contribution in [1.82, 2.24) is 10.6 Å². The van der Waals surface area contributed by atoms with E-state index in [4.69, 9.17) is 0 Å². The summed E-state index contributed by atoms with van der Waals surface area (Å²) in [5.41, 5.74) is 0. The first kappa shape index (κ1) is 8.58. The van der Waals surface area contributed by atoms with Crippen molar-refractivity contribution in [3.63, 3.8) is 0 Å². The van der Waals surface area contributed by atoms with Crippen molar-refractivity contribution in [2.75, 3.05) is 13.2 Å². The van der Waals surface area contributed by atoms with Gasteiger partial charge in [-0.25, -0.2) is 4.79 Å². The second-order valence-corrected chi connectivity index (χ2v) is 2.33. The topological polar surface area (TPSA) is 67.4 Å². The van der Waals surface area contributed by atoms with Crippen molar-refractivity contribution >= 4 is 12.0 Å². The molecule has 0 saturated carbocycles. The largest absolute Gasteiger partial charge is 0.447 e. The van der Waals surface area contributed by atoms with Crippen LogP contribution in [0.4, 0.5) is 4.79 Å². The van der Waals surface area contributed by atoms with Crippen molar-refractivity contribution in [2.24, 2.45) is 0 Å². The number of amides is 2. The Morgan fingerprint density at radius 1 is 1.92 bits per heavy atom. The number of alkyl carbamates (subject to hydrolysis) is 1. The maximum Gasteiger partial charge on any atom is 0.407 e. The standard InChI is InChI=1S/C7H10N2O3/c1-2-3-8-6(10)5-4-12-7(11)9-5/h2,5H,1,3-4H2,(H,8,10)(H,9,11). The zero-order valence-electron chi connectivity index (χ0n) is 6.50. The van der Waals surface area contributed by atoms with E-state index in [1.54, 1.807) is 6.08 Å². The summed E-state index contributed by atoms with van der Waals surface area (Å²) in [5.74, 6) is -0.249. The number of rotatable bonds is 3. The molecule has 5 heteroatoms. The fraction of sp³-hybridized carbons (Fsp3) is 0.429. The Labute approximate surface area is 69.8 Å². The van der Waals surface area contributed by atoms with E-state index in [1.165, 1.54) is 0 Å². The number of ether oxygens (including phenoxy) is 1. The van der Waals surface area contributed by atoms with E-state index in [-0.39, 0.29) is 12.5 Å². The SMILES string of the molecule is C=CCNC(=O)C1COC(=O)N1. The van der Waals surface area contributed by atoms with E-state index < -0.39 is 12.1 Å². The Hall–Kier alpha value is -1.52. The van der Waals surface area contributed by atoms with Gasteiger partial charge in [-0.15, -0.1) is 6.58 Å². The molecular formula is C7H10N2O3. The molecule has 1 atom stereocenters. The molecule has 1 unspecified atom stereocenters. The second-order valence-electron chi connectivity index (χ2n) is 2.33. The van der Waals surface area contributed by atoms with Crippen molar-refractivity contribution in [3.8, 4) is 0 Å². The molecule has 66 valence electrons. The Kier molecular flexibility index (Phi) is 2.68. The highest BCUT2D eigenvalue weighted by atomic mass is 16.6. The minimum absolute atomic E-state index is 0.0990. The van der Waals surface area contributed by atoms with E-state index in [0.717, 1.165) is 0 Å². The minimum atomic E-state index is -0.558. The van der Waals surface area contributed by atoms with Gasteiger partial charge in [-0.1, -0.05) is 6.08 Å². The van der Waals surface area contributed by atoms with Crippen LogP contribution in [0.15, 0.2) is 12.7 Å². The zero-order valence-corrected chi connectivity index (χ0v) is 6.50. The van der Waals surface area contributed by atoms with Crippen LogP contribution in [-0.2, 0) is 9.53 Å². The van der Waals surface area contributed by atoms with Gasteiger partial charge in [-0.2, -0.15) is 0 Å². The fourth-order valence-electron chi connectivity index (χ4n) is 0.822. The summed E-state index contributed by atoms with van der Waals surface area (Å²) >= 11 is 0. The van der Waals surface area contributed by atoms with Gasteiger partial charge in [0.05, 0.1) is 0 Å². The molecule has 1 aliphatic rings. The highest BCUT2D eigenvalue weighted by Crippen LogP contribution is 1.96. The van der Waals surface area contributed by atoms with Crippen LogP contribution in [-0.4, -0.2) is 31.2 Å². The lowest BCUT2D eigenvalue weighted by molar-refractivity contribution is -0.122. The first-order valence-corrected chi connectivity index (χ1v) is 3.56. The highest BCUT2D eigenvalue weighted by Gasteiger charge is 2.27. The first-order chi connectivity index (χ1) is 5.74. The third kappa shape index (κ3) is 1.98. The van der Waals surface area contributed by atoms with Crippen LogP contribution in [0.25, 0.3) is 0 Å². The molecule has 0 spiro atoms. The molecule has 1 saturated heterocycles. The molecule has 0 aromatic heterocycles. The van der Waals surface area contributed by atoms with Crippen LogP contribution in [0.3, 0.4) is 0 Å². The highest BCUT2D eigenvalue weighted by molar-refractivity contribution is 5.87. The van der Waals surface area contributed by atoms with Crippen LogP contribution < -0.4 is 10.6 Å². The van der Waals surface area contributed by atoms with Crippen LogP contribution >= 0.6 is 0 Å². The lowest BCUT2D eigenvalue weighted by atomic mass is 10.3. The molecule has 0 bridgehead atoms. The molecule has 0 radical (unpaired) electrons. The maximum atomic E-state index is 11.1. The molecular weight excluding hydrogens is 160 g/mol. The lowest BCUT2D eigenvalue weighted by Gasteiger charge is -2.05. The molecule has 12 heavy (non-hydrogen) atoms. The van der Waals surface area contributed by atoms with Gasteiger partial charge in [0.1, 0.15) is 12.6 Å². The van der Waals surface area contributed by atoms with Crippen LogP contribution in [0.1, 0.15) is 0 Å². The Morgan fingerprint density at radius 3 is 3.17 bits per heavy atom. The molecule has 1 heterocycles. The quantitative estimate of drug-likeness (QED) is 0.555. The van der Waals surface area contributed by atoms with Crippen molar-refractivity contribution in [3.05, 3.63) is 12.7 Å². The predicted molar refractivity (Wildman–Crippen MR) is 41.5 cm³/mol. The Balaban J connectivity index is 2.32. The minimum Gasteiger partial charge on any atom is -0.447 e. The Morgan fingerprint density at radius 2 is 2.67 bits per heavy atom. The van der Waals surface area contributed by atoms with E-state index in [1.807, 2.05) is 0 Å². The van der Waals surface area contributed by atoms with E-state index >= 15 is 0 Å². The molecule has 0 aromatic carbocycles. The fourth-order valence-corrected chi connectivity index (χ4v) is 0.822. The molecule has 1 fully saturated rings. The monoisotopic (exact) mass is 170 g/mol. The smallest absolute Gasteiger partial charge is 0.407 e. The second kappa shape index (κ2) is 3.75. The maximum absolute atomic E-state index is 11.1. The lowest BCUT2D eigenvalue weighted by Crippen LogP contribution is -2.42. The summed E-state index contributed by atoms with van der Waals surface area (Å²) in [6, 6.07) is -0.558. The molecule has 2 amide bonds. The molecule has 5 nitrogen and oxygen atoms in total. The number of carbonyl (C=O) groups excluding carboxylic acids is 2. The number of cyclic esters (lactones) is 1. The molecule has 1 rings (SSSR count). The van der Waals surface area contributed by atoms with Crippen molar-refractivity contribution in [1.29, 1.82) is 0 Å². The van der Waals surface area contributed by atoms with Gasteiger partial charge in [0.2, 0.25) is 5.91 Å². The summed E-state index contributed by atoms with van der Waals surface area (Å²) in [7, 11) is 0. The van der Waals surface area contributed by atoms with E-state index in [9.17, 15) is 9.59 Å². The van der Waals surface area contributed by atoms with Crippen LogP contribution in [0.5, 0.6) is 0 Å². The summed E-state index contributed by atoms with van der Waals surface area (Å²) in [6.45, 7) is 3.93. The van der Waals surface area contributed by atoms with Gasteiger partial charge in [-0.3, -0.25) is 4.79 Å². The third-order valence-electron chi connectivity index (χ3n) is 1.41. The predicted octanol–water partition coefficient (Wildman–Crippen LogP) is -0.603. The molecule has 2 N–H and O–H groups in total. The average Bonchev–Trinajstić information content (AvgIpc) is 2.47.